The van der Waals surface area contributed by atoms with Crippen LogP contribution in [0.25, 0.3) is 0 Å². The summed E-state index contributed by atoms with van der Waals surface area (Å²) >= 11 is 0. The molecule has 0 amide bonds. The molecule has 0 saturated carbocycles. The Bertz CT molecular complexity index is 608. The Morgan fingerprint density at radius 1 is 1.05 bits per heavy atom. The highest BCUT2D eigenvalue weighted by atomic mass is 16.6. The third-order valence-electron chi connectivity index (χ3n) is 3.01. The SMILES string of the molecule is O=C(COCCc1ccccc1)c1ccc([N+](=O)[O-])cc1. The van der Waals surface area contributed by atoms with Gasteiger partial charge in [-0.25, -0.2) is 0 Å². The van der Waals surface area contributed by atoms with Crippen molar-refractivity contribution in [1.82, 2.24) is 0 Å². The molecule has 0 saturated heterocycles. The van der Waals surface area contributed by atoms with E-state index < -0.39 is 4.92 Å². The monoisotopic (exact) mass is 285 g/mol. The summed E-state index contributed by atoms with van der Waals surface area (Å²) in [5.74, 6) is -0.182. The molecule has 0 aliphatic carbocycles. The van der Waals surface area contributed by atoms with E-state index in [1.165, 1.54) is 24.3 Å². The van der Waals surface area contributed by atoms with Crippen LogP contribution in [0.2, 0.25) is 0 Å². The number of non-ortho nitro benzene ring substituents is 1. The van der Waals surface area contributed by atoms with E-state index in [1.807, 2.05) is 30.3 Å². The van der Waals surface area contributed by atoms with Crippen molar-refractivity contribution in [2.45, 2.75) is 6.42 Å². The molecule has 0 aliphatic rings. The zero-order valence-corrected chi connectivity index (χ0v) is 11.4. The zero-order chi connectivity index (χ0) is 15.1. The van der Waals surface area contributed by atoms with Crippen molar-refractivity contribution >= 4 is 11.5 Å². The highest BCUT2D eigenvalue weighted by Gasteiger charge is 2.09. The normalized spacial score (nSPS) is 10.3. The van der Waals surface area contributed by atoms with Gasteiger partial charge in [0.25, 0.3) is 5.69 Å². The molecule has 0 aromatic heterocycles. The number of ether oxygens (including phenoxy) is 1. The summed E-state index contributed by atoms with van der Waals surface area (Å²) in [6.45, 7) is 0.438. The van der Waals surface area contributed by atoms with Crippen molar-refractivity contribution in [1.29, 1.82) is 0 Å². The van der Waals surface area contributed by atoms with Crippen molar-refractivity contribution in [2.75, 3.05) is 13.2 Å². The Hall–Kier alpha value is -2.53. The summed E-state index contributed by atoms with van der Waals surface area (Å²) in [6.07, 6.45) is 0.744. The molecule has 0 fully saturated rings. The number of benzene rings is 2. The van der Waals surface area contributed by atoms with Crippen LogP contribution in [0.5, 0.6) is 0 Å². The topological polar surface area (TPSA) is 69.4 Å². The maximum absolute atomic E-state index is 11.8. The molecular weight excluding hydrogens is 270 g/mol. The summed E-state index contributed by atoms with van der Waals surface area (Å²) in [5.41, 5.74) is 1.54. The van der Waals surface area contributed by atoms with Crippen LogP contribution in [0.4, 0.5) is 5.69 Å². The number of carbonyl (C=O) groups excluding carboxylic acids is 1. The molecule has 2 aromatic carbocycles. The highest BCUT2D eigenvalue weighted by Crippen LogP contribution is 2.12. The predicted octanol–water partition coefficient (Wildman–Crippen LogP) is 3.04. The molecule has 0 unspecified atom stereocenters. The molecule has 0 aliphatic heterocycles. The van der Waals surface area contributed by atoms with E-state index in [4.69, 9.17) is 4.74 Å². The molecule has 5 heteroatoms. The lowest BCUT2D eigenvalue weighted by atomic mass is 10.1. The third-order valence-corrected chi connectivity index (χ3v) is 3.01. The van der Waals surface area contributed by atoms with Gasteiger partial charge in [0.1, 0.15) is 6.61 Å². The first-order valence-electron chi connectivity index (χ1n) is 6.56. The van der Waals surface area contributed by atoms with E-state index in [1.54, 1.807) is 0 Å². The maximum Gasteiger partial charge on any atom is 0.269 e. The number of nitro groups is 1. The molecule has 2 rings (SSSR count). The number of rotatable bonds is 7. The number of carbonyl (C=O) groups is 1. The first-order chi connectivity index (χ1) is 10.2. The predicted molar refractivity (Wildman–Crippen MR) is 78.4 cm³/mol. The van der Waals surface area contributed by atoms with Gasteiger partial charge in [0.15, 0.2) is 5.78 Å². The average molecular weight is 285 g/mol. The van der Waals surface area contributed by atoms with E-state index in [-0.39, 0.29) is 18.1 Å². The number of hydrogen-bond donors (Lipinski definition) is 0. The van der Waals surface area contributed by atoms with Crippen LogP contribution in [-0.4, -0.2) is 23.9 Å². The minimum absolute atomic E-state index is 0.0232. The molecule has 0 radical (unpaired) electrons. The molecule has 0 atom stereocenters. The Labute approximate surface area is 122 Å². The van der Waals surface area contributed by atoms with Gasteiger partial charge in [0, 0.05) is 17.7 Å². The smallest absolute Gasteiger partial charge is 0.269 e. The van der Waals surface area contributed by atoms with E-state index >= 15 is 0 Å². The van der Waals surface area contributed by atoms with Crippen LogP contribution < -0.4 is 0 Å². The number of Topliss-reactive ketones (excluding diaryl/α,β-unsaturated/α-hetero) is 1. The summed E-state index contributed by atoms with van der Waals surface area (Å²) in [7, 11) is 0. The molecule has 5 nitrogen and oxygen atoms in total. The molecule has 0 heterocycles. The van der Waals surface area contributed by atoms with Crippen LogP contribution in [0.15, 0.2) is 54.6 Å². The minimum Gasteiger partial charge on any atom is -0.373 e. The van der Waals surface area contributed by atoms with Crippen molar-refractivity contribution in [3.05, 3.63) is 75.8 Å². The van der Waals surface area contributed by atoms with Gasteiger partial charge < -0.3 is 4.74 Å². The van der Waals surface area contributed by atoms with Gasteiger partial charge in [-0.05, 0) is 24.1 Å². The standard InChI is InChI=1S/C16H15NO4/c18-16(14-6-8-15(9-7-14)17(19)20)12-21-11-10-13-4-2-1-3-5-13/h1-9H,10-12H2. The van der Waals surface area contributed by atoms with Crippen molar-refractivity contribution < 1.29 is 14.5 Å². The van der Waals surface area contributed by atoms with Gasteiger partial charge in [-0.1, -0.05) is 30.3 Å². The number of nitrogens with zero attached hydrogens (tertiary/aromatic N) is 1. The lowest BCUT2D eigenvalue weighted by molar-refractivity contribution is -0.384. The fourth-order valence-electron chi connectivity index (χ4n) is 1.85. The van der Waals surface area contributed by atoms with Gasteiger partial charge in [-0.3, -0.25) is 14.9 Å². The van der Waals surface area contributed by atoms with Crippen LogP contribution >= 0.6 is 0 Å². The van der Waals surface area contributed by atoms with Crippen molar-refractivity contribution in [3.8, 4) is 0 Å². The summed E-state index contributed by atoms with van der Waals surface area (Å²) in [6, 6.07) is 15.4. The van der Waals surface area contributed by atoms with Crippen LogP contribution in [0.3, 0.4) is 0 Å². The maximum atomic E-state index is 11.8. The first kappa shape index (κ1) is 14.9. The summed E-state index contributed by atoms with van der Waals surface area (Å²) < 4.78 is 5.35. The van der Waals surface area contributed by atoms with Gasteiger partial charge in [-0.2, -0.15) is 0 Å². The Morgan fingerprint density at radius 3 is 2.33 bits per heavy atom. The van der Waals surface area contributed by atoms with E-state index in [2.05, 4.69) is 0 Å². The van der Waals surface area contributed by atoms with E-state index in [9.17, 15) is 14.9 Å². The van der Waals surface area contributed by atoms with Gasteiger partial charge in [0.05, 0.1) is 11.5 Å². The fraction of sp³-hybridized carbons (Fsp3) is 0.188. The van der Waals surface area contributed by atoms with Crippen LogP contribution in [-0.2, 0) is 11.2 Å². The summed E-state index contributed by atoms with van der Waals surface area (Å²) in [5, 5.41) is 10.5. The Kier molecular flexibility index (Phi) is 5.17. The van der Waals surface area contributed by atoms with Crippen LogP contribution in [0.1, 0.15) is 15.9 Å². The fourth-order valence-corrected chi connectivity index (χ4v) is 1.85. The molecule has 108 valence electrons. The average Bonchev–Trinajstić information content (AvgIpc) is 2.52. The summed E-state index contributed by atoms with van der Waals surface area (Å²) in [4.78, 5) is 21.9. The molecule has 2 aromatic rings. The first-order valence-corrected chi connectivity index (χ1v) is 6.56. The van der Waals surface area contributed by atoms with E-state index in [0.29, 0.717) is 12.2 Å². The number of hydrogen-bond acceptors (Lipinski definition) is 4. The lowest BCUT2D eigenvalue weighted by Gasteiger charge is -2.04. The molecule has 0 bridgehead atoms. The lowest BCUT2D eigenvalue weighted by Crippen LogP contribution is -2.11. The minimum atomic E-state index is -0.495. The largest absolute Gasteiger partial charge is 0.373 e. The Balaban J connectivity index is 1.78. The zero-order valence-electron chi connectivity index (χ0n) is 11.4. The number of nitro benzene ring substituents is 1. The second-order valence-corrected chi connectivity index (χ2v) is 4.52. The van der Waals surface area contributed by atoms with Gasteiger partial charge in [-0.15, -0.1) is 0 Å². The van der Waals surface area contributed by atoms with Gasteiger partial charge >= 0.3 is 0 Å². The van der Waals surface area contributed by atoms with Crippen molar-refractivity contribution in [2.24, 2.45) is 0 Å². The molecular formula is C16H15NO4. The number of ketones is 1. The molecule has 0 N–H and O–H groups in total. The molecule has 21 heavy (non-hydrogen) atoms. The van der Waals surface area contributed by atoms with E-state index in [0.717, 1.165) is 12.0 Å². The quantitative estimate of drug-likeness (QED) is 0.339. The highest BCUT2D eigenvalue weighted by molar-refractivity contribution is 5.97. The van der Waals surface area contributed by atoms with Crippen LogP contribution in [0, 0.1) is 10.1 Å². The Morgan fingerprint density at radius 2 is 1.71 bits per heavy atom. The third kappa shape index (κ3) is 4.50. The van der Waals surface area contributed by atoms with Crippen molar-refractivity contribution in [3.63, 3.8) is 0 Å². The second-order valence-electron chi connectivity index (χ2n) is 4.52. The second kappa shape index (κ2) is 7.31. The molecule has 0 spiro atoms. The van der Waals surface area contributed by atoms with Gasteiger partial charge in [0.2, 0.25) is 0 Å².